The zero-order valence-corrected chi connectivity index (χ0v) is 9.36. The van der Waals surface area contributed by atoms with Gasteiger partial charge in [0.15, 0.2) is 4.77 Å². The molecule has 7 heteroatoms. The highest BCUT2D eigenvalue weighted by atomic mass is 32.1. The van der Waals surface area contributed by atoms with E-state index in [1.807, 2.05) is 6.07 Å². The van der Waals surface area contributed by atoms with Gasteiger partial charge in [-0.2, -0.15) is 5.11 Å². The van der Waals surface area contributed by atoms with Crippen molar-refractivity contribution in [2.24, 2.45) is 10.2 Å². The van der Waals surface area contributed by atoms with Crippen LogP contribution >= 0.6 is 12.2 Å². The lowest BCUT2D eigenvalue weighted by atomic mass is 10.3. The van der Waals surface area contributed by atoms with Crippen LogP contribution in [0.5, 0.6) is 5.88 Å². The molecule has 0 aliphatic rings. The van der Waals surface area contributed by atoms with Crippen molar-refractivity contribution >= 4 is 23.6 Å². The molecule has 6 nitrogen and oxygen atoms in total. The fourth-order valence-corrected chi connectivity index (χ4v) is 1.35. The molecule has 0 saturated carbocycles. The van der Waals surface area contributed by atoms with Crippen molar-refractivity contribution in [2.75, 3.05) is 0 Å². The standard InChI is InChI=1S/C10H8N4O2S/c15-8-7(9(16)12-10(17)11-8)14-13-6-4-2-1-3-5-6/h1-5H,(H3,11,12,15,16,17). The predicted molar refractivity (Wildman–Crippen MR) is 64.5 cm³/mol. The first-order valence-corrected chi connectivity index (χ1v) is 5.10. The lowest BCUT2D eigenvalue weighted by molar-refractivity contribution is 0.451. The third kappa shape index (κ3) is 2.64. The number of benzene rings is 1. The number of azo groups is 1. The molecule has 0 radical (unpaired) electrons. The predicted octanol–water partition coefficient (Wildman–Crippen LogP) is 2.55. The molecule has 0 bridgehead atoms. The van der Waals surface area contributed by atoms with E-state index < -0.39 is 11.4 Å². The Balaban J connectivity index is 2.41. The van der Waals surface area contributed by atoms with Crippen LogP contribution in [0, 0.1) is 4.77 Å². The first-order valence-electron chi connectivity index (χ1n) is 4.69. The molecule has 0 aliphatic carbocycles. The van der Waals surface area contributed by atoms with Gasteiger partial charge in [-0.25, -0.2) is 0 Å². The summed E-state index contributed by atoms with van der Waals surface area (Å²) >= 11 is 4.68. The molecule has 0 fully saturated rings. The Labute approximate surface area is 101 Å². The van der Waals surface area contributed by atoms with Crippen LogP contribution in [-0.4, -0.2) is 15.1 Å². The van der Waals surface area contributed by atoms with Crippen LogP contribution in [-0.2, 0) is 0 Å². The Kier molecular flexibility index (Phi) is 3.10. The van der Waals surface area contributed by atoms with Crippen molar-refractivity contribution in [3.63, 3.8) is 0 Å². The lowest BCUT2D eigenvalue weighted by Crippen LogP contribution is -2.06. The van der Waals surface area contributed by atoms with Crippen LogP contribution in [0.15, 0.2) is 45.4 Å². The third-order valence-electron chi connectivity index (χ3n) is 1.92. The molecule has 2 rings (SSSR count). The van der Waals surface area contributed by atoms with Gasteiger partial charge in [-0.05, 0) is 24.4 Å². The van der Waals surface area contributed by atoms with Gasteiger partial charge in [0.1, 0.15) is 0 Å². The van der Waals surface area contributed by atoms with Gasteiger partial charge in [0.25, 0.3) is 5.56 Å². The van der Waals surface area contributed by atoms with Gasteiger partial charge in [0.05, 0.1) is 5.69 Å². The van der Waals surface area contributed by atoms with Gasteiger partial charge in [-0.1, -0.05) is 18.2 Å². The minimum absolute atomic E-state index is 0.0335. The van der Waals surface area contributed by atoms with Crippen LogP contribution in [0.4, 0.5) is 11.4 Å². The highest BCUT2D eigenvalue weighted by Gasteiger charge is 2.05. The molecular weight excluding hydrogens is 240 g/mol. The molecule has 0 aliphatic heterocycles. The summed E-state index contributed by atoms with van der Waals surface area (Å²) in [5.74, 6) is -0.404. The number of nitrogens with zero attached hydrogens (tertiary/aromatic N) is 2. The van der Waals surface area contributed by atoms with Gasteiger partial charge in [-0.15, -0.1) is 5.11 Å². The molecule has 0 saturated heterocycles. The quantitative estimate of drug-likeness (QED) is 0.563. The fraction of sp³-hybridized carbons (Fsp3) is 0. The van der Waals surface area contributed by atoms with E-state index in [2.05, 4.69) is 32.4 Å². The largest absolute Gasteiger partial charge is 0.493 e. The van der Waals surface area contributed by atoms with E-state index >= 15 is 0 Å². The zero-order chi connectivity index (χ0) is 12.3. The number of rotatable bonds is 2. The summed E-state index contributed by atoms with van der Waals surface area (Å²) < 4.78 is 0.0335. The fourth-order valence-electron chi connectivity index (χ4n) is 1.16. The van der Waals surface area contributed by atoms with Crippen molar-refractivity contribution < 1.29 is 5.11 Å². The smallest absolute Gasteiger partial charge is 0.283 e. The first kappa shape index (κ1) is 11.2. The highest BCUT2D eigenvalue weighted by molar-refractivity contribution is 7.71. The molecular formula is C10H8N4O2S. The summed E-state index contributed by atoms with van der Waals surface area (Å²) in [7, 11) is 0. The number of aromatic nitrogens is 2. The van der Waals surface area contributed by atoms with E-state index in [-0.39, 0.29) is 10.5 Å². The topological polar surface area (TPSA) is 93.6 Å². The monoisotopic (exact) mass is 248 g/mol. The van der Waals surface area contributed by atoms with E-state index in [0.29, 0.717) is 5.69 Å². The Bertz CT molecular complexity index is 660. The lowest BCUT2D eigenvalue weighted by Gasteiger charge is -1.96. The molecule has 0 spiro atoms. The molecule has 0 unspecified atom stereocenters. The Morgan fingerprint density at radius 2 is 1.82 bits per heavy atom. The normalized spacial score (nSPS) is 10.8. The van der Waals surface area contributed by atoms with Crippen LogP contribution < -0.4 is 5.56 Å². The number of nitrogens with one attached hydrogen (secondary N) is 2. The molecule has 1 heterocycles. The second-order valence-electron chi connectivity index (χ2n) is 3.14. The van der Waals surface area contributed by atoms with E-state index in [1.165, 1.54) is 0 Å². The number of aromatic amines is 2. The molecule has 17 heavy (non-hydrogen) atoms. The van der Waals surface area contributed by atoms with E-state index in [4.69, 9.17) is 0 Å². The van der Waals surface area contributed by atoms with Gasteiger partial charge < -0.3 is 10.1 Å². The van der Waals surface area contributed by atoms with Crippen molar-refractivity contribution in [1.29, 1.82) is 0 Å². The van der Waals surface area contributed by atoms with E-state index in [9.17, 15) is 9.90 Å². The number of aromatic hydroxyl groups is 1. The van der Waals surface area contributed by atoms with Crippen LogP contribution in [0.2, 0.25) is 0 Å². The maximum atomic E-state index is 11.4. The zero-order valence-electron chi connectivity index (χ0n) is 8.54. The van der Waals surface area contributed by atoms with Gasteiger partial charge in [0.2, 0.25) is 11.6 Å². The Morgan fingerprint density at radius 1 is 1.12 bits per heavy atom. The number of H-pyrrole nitrogens is 2. The summed E-state index contributed by atoms with van der Waals surface area (Å²) in [6.45, 7) is 0. The first-order chi connectivity index (χ1) is 8.16. The molecule has 1 aromatic carbocycles. The summed E-state index contributed by atoms with van der Waals surface area (Å²) in [5, 5.41) is 16.9. The van der Waals surface area contributed by atoms with Crippen molar-refractivity contribution in [3.05, 3.63) is 45.5 Å². The number of hydrogen-bond donors (Lipinski definition) is 3. The Hall–Kier alpha value is -2.28. The summed E-state index contributed by atoms with van der Waals surface area (Å²) in [6.07, 6.45) is 0. The highest BCUT2D eigenvalue weighted by Crippen LogP contribution is 2.20. The van der Waals surface area contributed by atoms with E-state index in [0.717, 1.165) is 0 Å². The average Bonchev–Trinajstić information content (AvgIpc) is 2.29. The summed E-state index contributed by atoms with van der Waals surface area (Å²) in [4.78, 5) is 16.1. The van der Waals surface area contributed by atoms with Crippen LogP contribution in [0.3, 0.4) is 0 Å². The van der Waals surface area contributed by atoms with Crippen LogP contribution in [0.25, 0.3) is 0 Å². The van der Waals surface area contributed by atoms with E-state index in [1.54, 1.807) is 24.3 Å². The second-order valence-corrected chi connectivity index (χ2v) is 3.55. The summed E-state index contributed by atoms with van der Waals surface area (Å²) in [5.41, 5.74) is -0.220. The van der Waals surface area contributed by atoms with Gasteiger partial charge >= 0.3 is 0 Å². The van der Waals surface area contributed by atoms with Crippen molar-refractivity contribution in [3.8, 4) is 5.88 Å². The molecule has 0 amide bonds. The number of hydrogen-bond acceptors (Lipinski definition) is 5. The maximum absolute atomic E-state index is 11.4. The average molecular weight is 248 g/mol. The van der Waals surface area contributed by atoms with Gasteiger partial charge in [0, 0.05) is 0 Å². The van der Waals surface area contributed by atoms with Crippen molar-refractivity contribution in [1.82, 2.24) is 9.97 Å². The molecule has 1 aromatic heterocycles. The Morgan fingerprint density at radius 3 is 2.47 bits per heavy atom. The SMILES string of the molecule is O=c1[nH]c(=S)[nH]c(O)c1N=Nc1ccccc1. The molecule has 2 aromatic rings. The van der Waals surface area contributed by atoms with Gasteiger partial charge in [-0.3, -0.25) is 9.78 Å². The third-order valence-corrected chi connectivity index (χ3v) is 2.12. The maximum Gasteiger partial charge on any atom is 0.283 e. The minimum Gasteiger partial charge on any atom is -0.493 e. The van der Waals surface area contributed by atoms with Crippen LogP contribution in [0.1, 0.15) is 0 Å². The molecule has 0 atom stereocenters. The minimum atomic E-state index is -0.592. The second kappa shape index (κ2) is 4.71. The summed E-state index contributed by atoms with van der Waals surface area (Å²) in [6, 6.07) is 8.86. The van der Waals surface area contributed by atoms with Crippen molar-refractivity contribution in [2.45, 2.75) is 0 Å². The molecule has 3 N–H and O–H groups in total. The molecule has 86 valence electrons.